The maximum Gasteiger partial charge on any atom is 0.407 e. The number of carbonyl (C=O) groups is 3. The van der Waals surface area contributed by atoms with E-state index in [2.05, 4.69) is 34.9 Å². The summed E-state index contributed by atoms with van der Waals surface area (Å²) < 4.78 is 5.64. The summed E-state index contributed by atoms with van der Waals surface area (Å²) in [5.41, 5.74) is 4.66. The zero-order valence-corrected chi connectivity index (χ0v) is 20.2. The highest BCUT2D eigenvalue weighted by Gasteiger charge is 2.32. The fourth-order valence-electron chi connectivity index (χ4n) is 5.21. The molecule has 0 spiro atoms. The largest absolute Gasteiger partial charge is 0.480 e. The molecule has 2 aromatic carbocycles. The average molecular weight is 480 g/mol. The molecule has 2 unspecified atom stereocenters. The standard InChI is InChI=1S/C27H33N3O5/c1-30(2)15-24(26(32)33)29-25(31)17-8-7-9-18(14-17)28-27(34)35-16-23-21-12-5-3-10-19(21)20-11-4-6-13-22(20)23/h3-6,10-13,17-18,23-24H,7-9,14-16H2,1-2H3,(H,28,34)(H,29,31)(H,32,33)/t17?,18?,24-/m0/s1. The number of fused-ring (bicyclic) bond motifs is 3. The number of likely N-dealkylation sites (N-methyl/N-ethyl adjacent to an activating group) is 1. The Balaban J connectivity index is 1.31. The van der Waals surface area contributed by atoms with Gasteiger partial charge in [-0.3, -0.25) is 4.79 Å². The van der Waals surface area contributed by atoms with Crippen LogP contribution in [0, 0.1) is 5.92 Å². The van der Waals surface area contributed by atoms with Gasteiger partial charge >= 0.3 is 12.1 Å². The SMILES string of the molecule is CN(C)C[C@H](NC(=O)C1CCCC(NC(=O)OCC2c3ccccc3-c3ccccc32)C1)C(=O)O. The van der Waals surface area contributed by atoms with E-state index in [1.807, 2.05) is 24.3 Å². The number of amides is 2. The molecule has 3 N–H and O–H groups in total. The highest BCUT2D eigenvalue weighted by molar-refractivity contribution is 5.85. The Kier molecular flexibility index (Phi) is 7.70. The molecule has 4 rings (SSSR count). The van der Waals surface area contributed by atoms with Gasteiger partial charge in [-0.15, -0.1) is 0 Å². The number of carbonyl (C=O) groups excluding carboxylic acids is 2. The number of nitrogens with one attached hydrogen (secondary N) is 2. The van der Waals surface area contributed by atoms with E-state index < -0.39 is 18.1 Å². The van der Waals surface area contributed by atoms with Crippen molar-refractivity contribution in [2.45, 2.75) is 43.7 Å². The fourth-order valence-corrected chi connectivity index (χ4v) is 5.21. The van der Waals surface area contributed by atoms with Crippen molar-refractivity contribution in [3.05, 3.63) is 59.7 Å². The summed E-state index contributed by atoms with van der Waals surface area (Å²) in [4.78, 5) is 38.6. The van der Waals surface area contributed by atoms with E-state index in [9.17, 15) is 19.5 Å². The zero-order chi connectivity index (χ0) is 24.9. The molecule has 0 aromatic heterocycles. The van der Waals surface area contributed by atoms with Gasteiger partial charge in [-0.25, -0.2) is 9.59 Å². The molecule has 8 heteroatoms. The van der Waals surface area contributed by atoms with Crippen LogP contribution in [0.15, 0.2) is 48.5 Å². The van der Waals surface area contributed by atoms with Crippen molar-refractivity contribution < 1.29 is 24.2 Å². The number of hydrogen-bond acceptors (Lipinski definition) is 5. The second kappa shape index (κ2) is 10.9. The van der Waals surface area contributed by atoms with E-state index >= 15 is 0 Å². The number of carboxylic acids is 1. The van der Waals surface area contributed by atoms with Gasteiger partial charge in [0.25, 0.3) is 0 Å². The van der Waals surface area contributed by atoms with Crippen molar-refractivity contribution in [1.82, 2.24) is 15.5 Å². The van der Waals surface area contributed by atoms with Crippen molar-refractivity contribution in [1.29, 1.82) is 0 Å². The number of ether oxygens (including phenoxy) is 1. The van der Waals surface area contributed by atoms with Crippen LogP contribution in [-0.4, -0.2) is 67.3 Å². The van der Waals surface area contributed by atoms with Gasteiger partial charge in [-0.05, 0) is 55.6 Å². The Morgan fingerprint density at radius 1 is 1.03 bits per heavy atom. The van der Waals surface area contributed by atoms with Gasteiger partial charge in [0.05, 0.1) is 0 Å². The van der Waals surface area contributed by atoms with Crippen LogP contribution in [-0.2, 0) is 14.3 Å². The molecule has 1 saturated carbocycles. The summed E-state index contributed by atoms with van der Waals surface area (Å²) in [6.07, 6.45) is 2.17. The van der Waals surface area contributed by atoms with Crippen LogP contribution >= 0.6 is 0 Å². The Hall–Kier alpha value is -3.39. The van der Waals surface area contributed by atoms with Crippen LogP contribution in [0.1, 0.15) is 42.7 Å². The minimum absolute atomic E-state index is 0.0114. The molecule has 2 aromatic rings. The number of hydrogen-bond donors (Lipinski definition) is 3. The van der Waals surface area contributed by atoms with Gasteiger partial charge in [0.15, 0.2) is 0 Å². The smallest absolute Gasteiger partial charge is 0.407 e. The van der Waals surface area contributed by atoms with E-state index in [0.29, 0.717) is 12.8 Å². The molecule has 8 nitrogen and oxygen atoms in total. The number of nitrogens with zero attached hydrogens (tertiary/aromatic N) is 1. The molecule has 0 radical (unpaired) electrons. The van der Waals surface area contributed by atoms with Crippen molar-refractivity contribution in [3.8, 4) is 11.1 Å². The molecular formula is C27H33N3O5. The summed E-state index contributed by atoms with van der Waals surface area (Å²) in [5.74, 6) is -1.69. The Morgan fingerprint density at radius 3 is 2.26 bits per heavy atom. The molecule has 1 fully saturated rings. The highest BCUT2D eigenvalue weighted by Crippen LogP contribution is 2.44. The number of rotatable bonds is 8. The number of alkyl carbamates (subject to hydrolysis) is 1. The van der Waals surface area contributed by atoms with Crippen LogP contribution in [0.2, 0.25) is 0 Å². The molecule has 0 saturated heterocycles. The van der Waals surface area contributed by atoms with Crippen molar-refractivity contribution in [2.75, 3.05) is 27.2 Å². The summed E-state index contributed by atoms with van der Waals surface area (Å²) >= 11 is 0. The first kappa shape index (κ1) is 24.7. The molecule has 0 bridgehead atoms. The summed E-state index contributed by atoms with van der Waals surface area (Å²) in [6, 6.07) is 15.2. The highest BCUT2D eigenvalue weighted by atomic mass is 16.5. The van der Waals surface area contributed by atoms with E-state index in [1.165, 1.54) is 11.1 Å². The second-order valence-corrected chi connectivity index (χ2v) is 9.69. The lowest BCUT2D eigenvalue weighted by atomic mass is 9.85. The van der Waals surface area contributed by atoms with E-state index in [-0.39, 0.29) is 36.9 Å². The van der Waals surface area contributed by atoms with Gasteiger partial charge in [0.2, 0.25) is 5.91 Å². The average Bonchev–Trinajstić information content (AvgIpc) is 3.16. The number of aliphatic carboxylic acids is 1. The molecule has 186 valence electrons. The van der Waals surface area contributed by atoms with Crippen LogP contribution in [0.4, 0.5) is 4.79 Å². The molecular weight excluding hydrogens is 446 g/mol. The third kappa shape index (κ3) is 5.82. The monoisotopic (exact) mass is 479 g/mol. The van der Waals surface area contributed by atoms with E-state index in [4.69, 9.17) is 4.74 Å². The van der Waals surface area contributed by atoms with E-state index in [0.717, 1.165) is 24.0 Å². The molecule has 35 heavy (non-hydrogen) atoms. The Bertz CT molecular complexity index is 1040. The molecule has 0 aliphatic heterocycles. The first-order valence-corrected chi connectivity index (χ1v) is 12.1. The number of benzene rings is 2. The fraction of sp³-hybridized carbons (Fsp3) is 0.444. The van der Waals surface area contributed by atoms with Crippen LogP contribution in [0.3, 0.4) is 0 Å². The predicted molar refractivity (Wildman–Crippen MR) is 132 cm³/mol. The van der Waals surface area contributed by atoms with Crippen LogP contribution in [0.25, 0.3) is 11.1 Å². The molecule has 2 aliphatic rings. The summed E-state index contributed by atoms with van der Waals surface area (Å²) in [7, 11) is 3.52. The molecule has 2 aliphatic carbocycles. The lowest BCUT2D eigenvalue weighted by molar-refractivity contribution is -0.143. The third-order valence-electron chi connectivity index (χ3n) is 6.87. The Labute approximate surface area is 205 Å². The van der Waals surface area contributed by atoms with E-state index in [1.54, 1.807) is 19.0 Å². The lowest BCUT2D eigenvalue weighted by Crippen LogP contribution is -2.50. The van der Waals surface area contributed by atoms with Crippen LogP contribution in [0.5, 0.6) is 0 Å². The normalized spacial score (nSPS) is 20.0. The third-order valence-corrected chi connectivity index (χ3v) is 6.87. The second-order valence-electron chi connectivity index (χ2n) is 9.69. The zero-order valence-electron chi connectivity index (χ0n) is 20.2. The summed E-state index contributed by atoms with van der Waals surface area (Å²) in [6.45, 7) is 0.455. The minimum Gasteiger partial charge on any atom is -0.480 e. The van der Waals surface area contributed by atoms with Crippen molar-refractivity contribution in [3.63, 3.8) is 0 Å². The van der Waals surface area contributed by atoms with Gasteiger partial charge in [-0.2, -0.15) is 0 Å². The molecule has 3 atom stereocenters. The van der Waals surface area contributed by atoms with Gasteiger partial charge in [0, 0.05) is 24.4 Å². The maximum absolute atomic E-state index is 12.7. The minimum atomic E-state index is -1.06. The summed E-state index contributed by atoms with van der Waals surface area (Å²) in [5, 5.41) is 15.0. The van der Waals surface area contributed by atoms with Crippen LogP contribution < -0.4 is 10.6 Å². The maximum atomic E-state index is 12.7. The van der Waals surface area contributed by atoms with Crippen molar-refractivity contribution >= 4 is 18.0 Å². The molecule has 0 heterocycles. The lowest BCUT2D eigenvalue weighted by Gasteiger charge is -2.30. The number of carboxylic acid groups (broad SMARTS) is 1. The van der Waals surface area contributed by atoms with Crippen molar-refractivity contribution in [2.24, 2.45) is 5.92 Å². The van der Waals surface area contributed by atoms with Gasteiger partial charge in [-0.1, -0.05) is 55.0 Å². The quantitative estimate of drug-likeness (QED) is 0.537. The first-order chi connectivity index (χ1) is 16.8. The van der Waals surface area contributed by atoms with Gasteiger partial charge in [0.1, 0.15) is 12.6 Å². The predicted octanol–water partition coefficient (Wildman–Crippen LogP) is 3.21. The van der Waals surface area contributed by atoms with Gasteiger partial charge < -0.3 is 25.4 Å². The first-order valence-electron chi connectivity index (χ1n) is 12.1. The Morgan fingerprint density at radius 2 is 1.66 bits per heavy atom. The molecule has 2 amide bonds. The topological polar surface area (TPSA) is 108 Å².